The SMILES string of the molecule is CCn1nccc1C(=O)C(C)(CC)OC. The predicted octanol–water partition coefficient (Wildman–Crippen LogP) is 1.90. The highest BCUT2D eigenvalue weighted by Gasteiger charge is 2.33. The van der Waals surface area contributed by atoms with Gasteiger partial charge in [0.15, 0.2) is 0 Å². The van der Waals surface area contributed by atoms with E-state index in [1.807, 2.05) is 20.8 Å². The Hall–Kier alpha value is -1.16. The van der Waals surface area contributed by atoms with E-state index in [-0.39, 0.29) is 5.78 Å². The van der Waals surface area contributed by atoms with Crippen molar-refractivity contribution in [3.8, 4) is 0 Å². The quantitative estimate of drug-likeness (QED) is 0.697. The summed E-state index contributed by atoms with van der Waals surface area (Å²) in [7, 11) is 1.56. The van der Waals surface area contributed by atoms with Crippen molar-refractivity contribution >= 4 is 5.78 Å². The van der Waals surface area contributed by atoms with Gasteiger partial charge in [0.25, 0.3) is 0 Å². The molecule has 0 spiro atoms. The van der Waals surface area contributed by atoms with Gasteiger partial charge in [-0.2, -0.15) is 5.10 Å². The fraction of sp³-hybridized carbons (Fsp3) is 0.636. The van der Waals surface area contributed by atoms with Crippen LogP contribution in [0.5, 0.6) is 0 Å². The number of hydrogen-bond donors (Lipinski definition) is 0. The molecule has 1 aromatic rings. The number of methoxy groups -OCH3 is 1. The van der Waals surface area contributed by atoms with E-state index in [9.17, 15) is 4.79 Å². The van der Waals surface area contributed by atoms with Crippen molar-refractivity contribution in [1.82, 2.24) is 9.78 Å². The fourth-order valence-electron chi connectivity index (χ4n) is 1.45. The molecule has 15 heavy (non-hydrogen) atoms. The third-order valence-corrected chi connectivity index (χ3v) is 2.85. The number of ether oxygens (including phenoxy) is 1. The van der Waals surface area contributed by atoms with E-state index in [0.717, 1.165) is 0 Å². The third-order valence-electron chi connectivity index (χ3n) is 2.85. The molecule has 0 radical (unpaired) electrons. The molecular weight excluding hydrogens is 192 g/mol. The number of carbonyl (C=O) groups is 1. The van der Waals surface area contributed by atoms with Gasteiger partial charge in [-0.25, -0.2) is 0 Å². The molecule has 0 amide bonds. The minimum absolute atomic E-state index is 0.00755. The Morgan fingerprint density at radius 1 is 1.60 bits per heavy atom. The van der Waals surface area contributed by atoms with Gasteiger partial charge in [-0.1, -0.05) is 6.92 Å². The number of ketones is 1. The second-order valence-corrected chi connectivity index (χ2v) is 3.65. The highest BCUT2D eigenvalue weighted by molar-refractivity contribution is 6.00. The zero-order chi connectivity index (χ0) is 11.5. The second-order valence-electron chi connectivity index (χ2n) is 3.65. The van der Waals surface area contributed by atoms with Crippen LogP contribution in [0.1, 0.15) is 37.7 Å². The number of carbonyl (C=O) groups excluding carboxylic acids is 1. The molecule has 1 aromatic heterocycles. The van der Waals surface area contributed by atoms with Gasteiger partial charge in [0.2, 0.25) is 5.78 Å². The lowest BCUT2D eigenvalue weighted by Gasteiger charge is -2.24. The number of nitrogens with zero attached hydrogens (tertiary/aromatic N) is 2. The summed E-state index contributed by atoms with van der Waals surface area (Å²) in [6.07, 6.45) is 2.29. The molecule has 0 bridgehead atoms. The highest BCUT2D eigenvalue weighted by atomic mass is 16.5. The molecule has 1 unspecified atom stereocenters. The largest absolute Gasteiger partial charge is 0.370 e. The summed E-state index contributed by atoms with van der Waals surface area (Å²) in [5.41, 5.74) is -0.129. The van der Waals surface area contributed by atoms with Crippen LogP contribution in [0.3, 0.4) is 0 Å². The van der Waals surface area contributed by atoms with Crippen LogP contribution >= 0.6 is 0 Å². The predicted molar refractivity (Wildman–Crippen MR) is 57.9 cm³/mol. The Kier molecular flexibility index (Phi) is 3.63. The molecule has 84 valence electrons. The van der Waals surface area contributed by atoms with Gasteiger partial charge in [-0.15, -0.1) is 0 Å². The maximum absolute atomic E-state index is 12.2. The van der Waals surface area contributed by atoms with Crippen molar-refractivity contribution < 1.29 is 9.53 Å². The van der Waals surface area contributed by atoms with E-state index in [2.05, 4.69) is 5.10 Å². The molecule has 0 saturated heterocycles. The molecule has 4 nitrogen and oxygen atoms in total. The van der Waals surface area contributed by atoms with Crippen molar-refractivity contribution in [3.05, 3.63) is 18.0 Å². The van der Waals surface area contributed by atoms with E-state index in [1.54, 1.807) is 24.1 Å². The van der Waals surface area contributed by atoms with Gasteiger partial charge in [0.1, 0.15) is 11.3 Å². The summed E-state index contributed by atoms with van der Waals surface area (Å²) in [5, 5.41) is 4.08. The average Bonchev–Trinajstić information content (AvgIpc) is 2.74. The van der Waals surface area contributed by atoms with Crippen molar-refractivity contribution in [2.24, 2.45) is 0 Å². The van der Waals surface area contributed by atoms with Gasteiger partial charge in [-0.3, -0.25) is 9.48 Å². The molecule has 1 rings (SSSR count). The number of aryl methyl sites for hydroxylation is 1. The summed E-state index contributed by atoms with van der Waals surface area (Å²) < 4.78 is 6.97. The normalized spacial score (nSPS) is 14.9. The lowest BCUT2D eigenvalue weighted by Crippen LogP contribution is -2.38. The summed E-state index contributed by atoms with van der Waals surface area (Å²) >= 11 is 0. The third kappa shape index (κ3) is 2.09. The number of hydrogen-bond acceptors (Lipinski definition) is 3. The van der Waals surface area contributed by atoms with Crippen LogP contribution in [0.2, 0.25) is 0 Å². The van der Waals surface area contributed by atoms with Gasteiger partial charge in [0.05, 0.1) is 0 Å². The first-order valence-corrected chi connectivity index (χ1v) is 5.20. The summed E-state index contributed by atoms with van der Waals surface area (Å²) in [5.74, 6) is -0.00755. The van der Waals surface area contributed by atoms with Gasteiger partial charge < -0.3 is 4.74 Å². The lowest BCUT2D eigenvalue weighted by atomic mass is 9.95. The molecule has 1 heterocycles. The molecule has 0 aromatic carbocycles. The maximum atomic E-state index is 12.2. The molecule has 0 fully saturated rings. The maximum Gasteiger partial charge on any atom is 0.212 e. The van der Waals surface area contributed by atoms with E-state index >= 15 is 0 Å². The number of aromatic nitrogens is 2. The van der Waals surface area contributed by atoms with Crippen LogP contribution < -0.4 is 0 Å². The van der Waals surface area contributed by atoms with Crippen LogP contribution in [0.15, 0.2) is 12.3 Å². The number of rotatable bonds is 5. The van der Waals surface area contributed by atoms with Crippen LogP contribution in [0.4, 0.5) is 0 Å². The summed E-state index contributed by atoms with van der Waals surface area (Å²) in [4.78, 5) is 12.2. The van der Waals surface area contributed by atoms with Crippen molar-refractivity contribution in [1.29, 1.82) is 0 Å². The van der Waals surface area contributed by atoms with Gasteiger partial charge >= 0.3 is 0 Å². The van der Waals surface area contributed by atoms with Crippen molar-refractivity contribution in [2.75, 3.05) is 7.11 Å². The highest BCUT2D eigenvalue weighted by Crippen LogP contribution is 2.20. The minimum atomic E-state index is -0.743. The smallest absolute Gasteiger partial charge is 0.212 e. The van der Waals surface area contributed by atoms with Crippen LogP contribution in [0.25, 0.3) is 0 Å². The lowest BCUT2D eigenvalue weighted by molar-refractivity contribution is 0.00971. The van der Waals surface area contributed by atoms with E-state index < -0.39 is 5.60 Å². The zero-order valence-electron chi connectivity index (χ0n) is 9.78. The summed E-state index contributed by atoms with van der Waals surface area (Å²) in [6, 6.07) is 1.73. The topological polar surface area (TPSA) is 44.1 Å². The first-order chi connectivity index (χ1) is 7.09. The molecule has 0 N–H and O–H groups in total. The number of Topliss-reactive ketones (excluding diaryl/α,β-unsaturated/α-hetero) is 1. The van der Waals surface area contributed by atoms with Crippen molar-refractivity contribution in [2.45, 2.75) is 39.3 Å². The Morgan fingerprint density at radius 3 is 2.73 bits per heavy atom. The average molecular weight is 210 g/mol. The Morgan fingerprint density at radius 2 is 2.27 bits per heavy atom. The minimum Gasteiger partial charge on any atom is -0.370 e. The molecule has 0 aliphatic heterocycles. The van der Waals surface area contributed by atoms with E-state index in [1.165, 1.54) is 0 Å². The zero-order valence-corrected chi connectivity index (χ0v) is 9.78. The molecule has 0 aliphatic carbocycles. The van der Waals surface area contributed by atoms with Crippen LogP contribution in [0, 0.1) is 0 Å². The molecule has 1 atom stereocenters. The van der Waals surface area contributed by atoms with Crippen LogP contribution in [-0.2, 0) is 11.3 Å². The fourth-order valence-corrected chi connectivity index (χ4v) is 1.45. The Bertz CT molecular complexity index is 340. The van der Waals surface area contributed by atoms with Gasteiger partial charge in [-0.05, 0) is 26.3 Å². The van der Waals surface area contributed by atoms with E-state index in [4.69, 9.17) is 4.74 Å². The van der Waals surface area contributed by atoms with Crippen molar-refractivity contribution in [3.63, 3.8) is 0 Å². The molecular formula is C11H18N2O2. The molecule has 4 heteroatoms. The standard InChI is InChI=1S/C11H18N2O2/c1-5-11(3,15-4)10(14)9-7-8-12-13(9)6-2/h7-8H,5-6H2,1-4H3. The summed E-state index contributed by atoms with van der Waals surface area (Å²) in [6.45, 7) is 6.40. The molecule has 0 aliphatic rings. The molecule has 0 saturated carbocycles. The monoisotopic (exact) mass is 210 g/mol. The Balaban J connectivity index is 3.03. The second kappa shape index (κ2) is 4.57. The first-order valence-electron chi connectivity index (χ1n) is 5.20. The van der Waals surface area contributed by atoms with Gasteiger partial charge in [0, 0.05) is 19.9 Å². The van der Waals surface area contributed by atoms with E-state index in [0.29, 0.717) is 18.7 Å². The van der Waals surface area contributed by atoms with Crippen LogP contribution in [-0.4, -0.2) is 28.3 Å². The first kappa shape index (κ1) is 11.9. The Labute approximate surface area is 90.2 Å².